The topological polar surface area (TPSA) is 47.6 Å². The van der Waals surface area contributed by atoms with Crippen molar-refractivity contribution in [2.24, 2.45) is 0 Å². The molecule has 2 atom stereocenters. The van der Waals surface area contributed by atoms with Crippen LogP contribution in [0.4, 0.5) is 5.69 Å². The summed E-state index contributed by atoms with van der Waals surface area (Å²) in [6.45, 7) is 5.39. The number of carbonyl (C=O) groups excluding carboxylic acids is 1. The van der Waals surface area contributed by atoms with Gasteiger partial charge in [0, 0.05) is 42.9 Å². The summed E-state index contributed by atoms with van der Waals surface area (Å²) < 4.78 is 0. The molecule has 2 aliphatic heterocycles. The second kappa shape index (κ2) is 7.89. The monoisotopic (exact) mass is 384 g/mol. The fraction of sp³-hybridized carbons (Fsp3) is 0.381. The van der Waals surface area contributed by atoms with Crippen molar-refractivity contribution < 1.29 is 4.79 Å². The van der Waals surface area contributed by atoms with Crippen LogP contribution in [0.1, 0.15) is 23.6 Å². The van der Waals surface area contributed by atoms with E-state index in [2.05, 4.69) is 46.9 Å². The van der Waals surface area contributed by atoms with Crippen LogP contribution in [0.3, 0.4) is 0 Å². The molecule has 2 aromatic carbocycles. The van der Waals surface area contributed by atoms with E-state index in [9.17, 15) is 4.79 Å². The normalized spacial score (nSPS) is 22.9. The first-order valence-electron chi connectivity index (χ1n) is 9.48. The highest BCUT2D eigenvalue weighted by Gasteiger charge is 2.34. The Morgan fingerprint density at radius 3 is 2.56 bits per heavy atom. The molecule has 1 amide bonds. The van der Waals surface area contributed by atoms with Gasteiger partial charge in [-0.15, -0.1) is 0 Å². The van der Waals surface area contributed by atoms with Gasteiger partial charge in [-0.25, -0.2) is 10.9 Å². The Hall–Kier alpha value is -2.08. The van der Waals surface area contributed by atoms with Crippen LogP contribution in [0.15, 0.2) is 48.5 Å². The number of halogens is 1. The minimum Gasteiger partial charge on any atom is -0.368 e. The number of rotatable bonds is 3. The van der Waals surface area contributed by atoms with Crippen molar-refractivity contribution in [3.05, 3.63) is 64.7 Å². The number of piperazine rings is 1. The SMILES string of the molecule is Cc1ccccc1N1CCN(C(=O)C2CC(c3cccc(Cl)c3)NN2)CC1. The number of para-hydroxylation sites is 1. The van der Waals surface area contributed by atoms with Crippen molar-refractivity contribution in [2.75, 3.05) is 31.1 Å². The predicted molar refractivity (Wildman–Crippen MR) is 109 cm³/mol. The highest BCUT2D eigenvalue weighted by Crippen LogP contribution is 2.26. The Bertz CT molecular complexity index is 819. The van der Waals surface area contributed by atoms with Gasteiger partial charge in [0.15, 0.2) is 0 Å². The molecule has 2 unspecified atom stereocenters. The molecule has 2 fully saturated rings. The first-order chi connectivity index (χ1) is 13.1. The molecular formula is C21H25ClN4O. The van der Waals surface area contributed by atoms with Gasteiger partial charge in [-0.05, 0) is 42.7 Å². The average Bonchev–Trinajstić information content (AvgIpc) is 3.18. The van der Waals surface area contributed by atoms with E-state index in [0.717, 1.165) is 43.2 Å². The van der Waals surface area contributed by atoms with E-state index in [1.165, 1.54) is 11.3 Å². The van der Waals surface area contributed by atoms with Gasteiger partial charge in [0.1, 0.15) is 6.04 Å². The zero-order valence-corrected chi connectivity index (χ0v) is 16.2. The molecule has 0 aromatic heterocycles. The number of aryl methyl sites for hydroxylation is 1. The maximum absolute atomic E-state index is 12.9. The van der Waals surface area contributed by atoms with Gasteiger partial charge < -0.3 is 9.80 Å². The molecule has 2 saturated heterocycles. The standard InChI is InChI=1S/C21H25ClN4O/c1-15-5-2-3-8-20(15)25-9-11-26(12-10-25)21(27)19-14-18(23-24-19)16-6-4-7-17(22)13-16/h2-8,13,18-19,23-24H,9-12,14H2,1H3. The lowest BCUT2D eigenvalue weighted by Crippen LogP contribution is -2.53. The third-order valence-corrected chi connectivity index (χ3v) is 5.73. The van der Waals surface area contributed by atoms with Gasteiger partial charge in [0.05, 0.1) is 0 Å². The fourth-order valence-electron chi connectivity index (χ4n) is 3.97. The van der Waals surface area contributed by atoms with Gasteiger partial charge >= 0.3 is 0 Å². The number of hydrogen-bond donors (Lipinski definition) is 2. The Kier molecular flexibility index (Phi) is 5.34. The van der Waals surface area contributed by atoms with Crippen LogP contribution < -0.4 is 15.8 Å². The van der Waals surface area contributed by atoms with Crippen molar-refractivity contribution in [1.82, 2.24) is 15.8 Å². The van der Waals surface area contributed by atoms with E-state index in [1.54, 1.807) is 0 Å². The first kappa shape index (κ1) is 18.3. The second-order valence-electron chi connectivity index (χ2n) is 7.28. The predicted octanol–water partition coefficient (Wildman–Crippen LogP) is 2.90. The van der Waals surface area contributed by atoms with Crippen LogP contribution in [0.5, 0.6) is 0 Å². The van der Waals surface area contributed by atoms with Crippen molar-refractivity contribution >= 4 is 23.2 Å². The van der Waals surface area contributed by atoms with Crippen LogP contribution in [0.2, 0.25) is 5.02 Å². The largest absolute Gasteiger partial charge is 0.368 e. The van der Waals surface area contributed by atoms with E-state index in [-0.39, 0.29) is 18.0 Å². The zero-order chi connectivity index (χ0) is 18.8. The van der Waals surface area contributed by atoms with Crippen LogP contribution in [0, 0.1) is 6.92 Å². The lowest BCUT2D eigenvalue weighted by atomic mass is 10.0. The molecule has 2 aliphatic rings. The summed E-state index contributed by atoms with van der Waals surface area (Å²) in [5, 5.41) is 0.719. The minimum atomic E-state index is -0.195. The number of nitrogens with zero attached hydrogens (tertiary/aromatic N) is 2. The van der Waals surface area contributed by atoms with Gasteiger partial charge in [-0.1, -0.05) is 41.9 Å². The zero-order valence-electron chi connectivity index (χ0n) is 15.5. The molecule has 2 aromatic rings. The number of hydrazine groups is 1. The molecule has 5 nitrogen and oxygen atoms in total. The summed E-state index contributed by atoms with van der Waals surface area (Å²) in [7, 11) is 0. The molecule has 2 heterocycles. The summed E-state index contributed by atoms with van der Waals surface area (Å²) >= 11 is 6.09. The van der Waals surface area contributed by atoms with E-state index in [0.29, 0.717) is 0 Å². The fourth-order valence-corrected chi connectivity index (χ4v) is 4.17. The second-order valence-corrected chi connectivity index (χ2v) is 7.72. The van der Waals surface area contributed by atoms with Crippen LogP contribution in [-0.2, 0) is 4.79 Å². The summed E-state index contributed by atoms with van der Waals surface area (Å²) in [4.78, 5) is 17.3. The highest BCUT2D eigenvalue weighted by atomic mass is 35.5. The Morgan fingerprint density at radius 2 is 1.81 bits per heavy atom. The molecule has 0 aliphatic carbocycles. The lowest BCUT2D eigenvalue weighted by molar-refractivity contribution is -0.133. The summed E-state index contributed by atoms with van der Waals surface area (Å²) in [6.07, 6.45) is 0.733. The third kappa shape index (κ3) is 3.95. The number of carbonyl (C=O) groups is 1. The van der Waals surface area contributed by atoms with E-state index in [4.69, 9.17) is 11.6 Å². The Balaban J connectivity index is 1.34. The smallest absolute Gasteiger partial charge is 0.241 e. The lowest BCUT2D eigenvalue weighted by Gasteiger charge is -2.37. The Morgan fingerprint density at radius 1 is 1.04 bits per heavy atom. The van der Waals surface area contributed by atoms with Crippen LogP contribution in [0.25, 0.3) is 0 Å². The molecule has 27 heavy (non-hydrogen) atoms. The third-order valence-electron chi connectivity index (χ3n) is 5.50. The number of nitrogens with one attached hydrogen (secondary N) is 2. The summed E-state index contributed by atoms with van der Waals surface area (Å²) in [5.41, 5.74) is 10.1. The number of hydrogen-bond acceptors (Lipinski definition) is 4. The first-order valence-corrected chi connectivity index (χ1v) is 9.85. The van der Waals surface area contributed by atoms with Gasteiger partial charge in [-0.3, -0.25) is 4.79 Å². The maximum atomic E-state index is 12.9. The van der Waals surface area contributed by atoms with Crippen molar-refractivity contribution in [1.29, 1.82) is 0 Å². The molecule has 142 valence electrons. The summed E-state index contributed by atoms with van der Waals surface area (Å²) in [6, 6.07) is 16.1. The molecule has 6 heteroatoms. The average molecular weight is 385 g/mol. The van der Waals surface area contributed by atoms with Gasteiger partial charge in [-0.2, -0.15) is 0 Å². The molecule has 0 radical (unpaired) electrons. The van der Waals surface area contributed by atoms with Crippen molar-refractivity contribution in [3.8, 4) is 0 Å². The Labute approximate surface area is 165 Å². The molecule has 0 spiro atoms. The van der Waals surface area contributed by atoms with Crippen molar-refractivity contribution in [3.63, 3.8) is 0 Å². The van der Waals surface area contributed by atoms with Gasteiger partial charge in [0.25, 0.3) is 0 Å². The van der Waals surface area contributed by atoms with Crippen molar-refractivity contribution in [2.45, 2.75) is 25.4 Å². The van der Waals surface area contributed by atoms with Gasteiger partial charge in [0.2, 0.25) is 5.91 Å². The molecule has 4 rings (SSSR count). The summed E-state index contributed by atoms with van der Waals surface area (Å²) in [5.74, 6) is 0.177. The highest BCUT2D eigenvalue weighted by molar-refractivity contribution is 6.30. The molecule has 0 saturated carbocycles. The minimum absolute atomic E-state index is 0.103. The molecule has 2 N–H and O–H groups in total. The molecule has 0 bridgehead atoms. The quantitative estimate of drug-likeness (QED) is 0.854. The maximum Gasteiger partial charge on any atom is 0.241 e. The van der Waals surface area contributed by atoms with E-state index < -0.39 is 0 Å². The number of amides is 1. The van der Waals surface area contributed by atoms with E-state index in [1.807, 2.05) is 29.2 Å². The van der Waals surface area contributed by atoms with Crippen LogP contribution in [-0.4, -0.2) is 43.0 Å². The number of benzene rings is 2. The van der Waals surface area contributed by atoms with E-state index >= 15 is 0 Å². The van der Waals surface area contributed by atoms with Crippen LogP contribution >= 0.6 is 11.6 Å². The molecular weight excluding hydrogens is 360 g/mol. The number of anilines is 1.